The Morgan fingerprint density at radius 1 is 1.33 bits per heavy atom. The molecule has 1 aliphatic rings. The Balaban J connectivity index is 1.49. The van der Waals surface area contributed by atoms with Crippen LogP contribution in [0.25, 0.3) is 0 Å². The molecule has 1 unspecified atom stereocenters. The van der Waals surface area contributed by atoms with Crippen LogP contribution in [-0.2, 0) is 6.54 Å². The molecule has 0 saturated carbocycles. The smallest absolute Gasteiger partial charge is 0.270 e. The molecule has 0 spiro atoms. The molecule has 2 aromatic heterocycles. The Hall–Kier alpha value is -2.47. The number of nitrogens with one attached hydrogen (secondary N) is 1. The van der Waals surface area contributed by atoms with Crippen LogP contribution in [0.4, 0.5) is 0 Å². The molecule has 1 fully saturated rings. The normalized spacial score (nSPS) is 17.6. The van der Waals surface area contributed by atoms with Crippen molar-refractivity contribution in [2.75, 3.05) is 19.7 Å². The van der Waals surface area contributed by atoms with E-state index in [9.17, 15) is 4.79 Å². The lowest BCUT2D eigenvalue weighted by molar-refractivity contribution is 0.0932. The minimum absolute atomic E-state index is 0.106. The van der Waals surface area contributed by atoms with Gasteiger partial charge < -0.3 is 10.1 Å². The highest BCUT2D eigenvalue weighted by Crippen LogP contribution is 2.15. The first-order valence-electron chi connectivity index (χ1n) is 8.26. The van der Waals surface area contributed by atoms with E-state index in [4.69, 9.17) is 4.74 Å². The summed E-state index contributed by atoms with van der Waals surface area (Å²) in [6.07, 6.45) is 4.43. The molecular weight excluding hydrogens is 304 g/mol. The van der Waals surface area contributed by atoms with Crippen LogP contribution in [0.2, 0.25) is 0 Å². The van der Waals surface area contributed by atoms with Crippen LogP contribution in [-0.4, -0.2) is 46.5 Å². The number of amides is 1. The first kappa shape index (κ1) is 16.4. The summed E-state index contributed by atoms with van der Waals surface area (Å²) in [4.78, 5) is 22.8. The average molecular weight is 326 g/mol. The van der Waals surface area contributed by atoms with E-state index in [2.05, 4.69) is 20.2 Å². The van der Waals surface area contributed by atoms with E-state index in [1.807, 2.05) is 31.3 Å². The summed E-state index contributed by atoms with van der Waals surface area (Å²) < 4.78 is 5.36. The Kier molecular flexibility index (Phi) is 5.38. The lowest BCUT2D eigenvalue weighted by atomic mass is 10.2. The standard InChI is InChI=1S/C18H22N4O2/c1-2-24-17-7-6-14(11-20-17)12-22-10-8-15(13-22)21-18(23)16-5-3-4-9-19-16/h3-7,9,11,15H,2,8,10,12-13H2,1H3,(H,21,23). The van der Waals surface area contributed by atoms with E-state index in [-0.39, 0.29) is 11.9 Å². The van der Waals surface area contributed by atoms with Gasteiger partial charge in [-0.2, -0.15) is 0 Å². The van der Waals surface area contributed by atoms with Crippen molar-refractivity contribution in [3.63, 3.8) is 0 Å². The summed E-state index contributed by atoms with van der Waals surface area (Å²) in [7, 11) is 0. The predicted molar refractivity (Wildman–Crippen MR) is 90.8 cm³/mol. The Morgan fingerprint density at radius 3 is 2.96 bits per heavy atom. The number of pyridine rings is 2. The molecule has 6 nitrogen and oxygen atoms in total. The van der Waals surface area contributed by atoms with E-state index >= 15 is 0 Å². The molecule has 0 aliphatic carbocycles. The first-order chi connectivity index (χ1) is 11.7. The summed E-state index contributed by atoms with van der Waals surface area (Å²) in [5.74, 6) is 0.549. The van der Waals surface area contributed by atoms with E-state index in [0.29, 0.717) is 18.2 Å². The highest BCUT2D eigenvalue weighted by molar-refractivity contribution is 5.92. The number of rotatable bonds is 6. The van der Waals surface area contributed by atoms with Gasteiger partial charge in [-0.05, 0) is 31.0 Å². The number of carbonyl (C=O) groups is 1. The monoisotopic (exact) mass is 326 g/mol. The Morgan fingerprint density at radius 2 is 2.25 bits per heavy atom. The number of likely N-dealkylation sites (tertiary alicyclic amines) is 1. The van der Waals surface area contributed by atoms with Crippen LogP contribution < -0.4 is 10.1 Å². The lowest BCUT2D eigenvalue weighted by Gasteiger charge is -2.16. The zero-order chi connectivity index (χ0) is 16.8. The number of nitrogens with zero attached hydrogens (tertiary/aromatic N) is 3. The Labute approximate surface area is 141 Å². The molecule has 1 aliphatic heterocycles. The quantitative estimate of drug-likeness (QED) is 0.878. The van der Waals surface area contributed by atoms with Crippen molar-refractivity contribution < 1.29 is 9.53 Å². The molecule has 3 rings (SSSR count). The molecule has 1 atom stereocenters. The number of ether oxygens (including phenoxy) is 1. The van der Waals surface area contributed by atoms with Gasteiger partial charge in [0.25, 0.3) is 5.91 Å². The van der Waals surface area contributed by atoms with Crippen molar-refractivity contribution >= 4 is 5.91 Å². The maximum absolute atomic E-state index is 12.1. The van der Waals surface area contributed by atoms with Crippen LogP contribution in [0.15, 0.2) is 42.7 Å². The topological polar surface area (TPSA) is 67.3 Å². The second kappa shape index (κ2) is 7.88. The summed E-state index contributed by atoms with van der Waals surface area (Å²) in [6.45, 7) is 5.19. The summed E-state index contributed by atoms with van der Waals surface area (Å²) in [6, 6.07) is 9.46. The van der Waals surface area contributed by atoms with Gasteiger partial charge >= 0.3 is 0 Å². The first-order valence-corrected chi connectivity index (χ1v) is 8.26. The molecule has 1 N–H and O–H groups in total. The summed E-state index contributed by atoms with van der Waals surface area (Å²) in [5.41, 5.74) is 1.61. The van der Waals surface area contributed by atoms with Gasteiger partial charge in [-0.1, -0.05) is 12.1 Å². The third-order valence-electron chi connectivity index (χ3n) is 4.00. The van der Waals surface area contributed by atoms with E-state index in [1.165, 1.54) is 0 Å². The van der Waals surface area contributed by atoms with Gasteiger partial charge in [-0.25, -0.2) is 4.98 Å². The number of aromatic nitrogens is 2. The molecule has 0 radical (unpaired) electrons. The number of hydrogen-bond donors (Lipinski definition) is 1. The Bertz CT molecular complexity index is 660. The molecular formula is C18H22N4O2. The zero-order valence-electron chi connectivity index (χ0n) is 13.8. The van der Waals surface area contributed by atoms with E-state index in [0.717, 1.165) is 31.6 Å². The van der Waals surface area contributed by atoms with Crippen molar-refractivity contribution in [3.05, 3.63) is 54.0 Å². The van der Waals surface area contributed by atoms with Crippen LogP contribution in [0.1, 0.15) is 29.4 Å². The van der Waals surface area contributed by atoms with Gasteiger partial charge in [-0.15, -0.1) is 0 Å². The fourth-order valence-corrected chi connectivity index (χ4v) is 2.85. The minimum atomic E-state index is -0.106. The zero-order valence-corrected chi connectivity index (χ0v) is 13.8. The van der Waals surface area contributed by atoms with Crippen LogP contribution in [0, 0.1) is 0 Å². The SMILES string of the molecule is CCOc1ccc(CN2CCC(NC(=O)c3ccccn3)C2)cn1. The van der Waals surface area contributed by atoms with E-state index < -0.39 is 0 Å². The second-order valence-electron chi connectivity index (χ2n) is 5.85. The van der Waals surface area contributed by atoms with Crippen LogP contribution in [0.3, 0.4) is 0 Å². The fraction of sp³-hybridized carbons (Fsp3) is 0.389. The van der Waals surface area contributed by atoms with Crippen molar-refractivity contribution in [1.29, 1.82) is 0 Å². The van der Waals surface area contributed by atoms with Gasteiger partial charge in [0.05, 0.1) is 6.61 Å². The van der Waals surface area contributed by atoms with Gasteiger partial charge in [0, 0.05) is 44.1 Å². The van der Waals surface area contributed by atoms with Crippen molar-refractivity contribution in [1.82, 2.24) is 20.2 Å². The van der Waals surface area contributed by atoms with Gasteiger partial charge in [0.2, 0.25) is 5.88 Å². The van der Waals surface area contributed by atoms with Crippen LogP contribution >= 0.6 is 0 Å². The van der Waals surface area contributed by atoms with Crippen molar-refractivity contribution in [2.45, 2.75) is 25.9 Å². The number of carbonyl (C=O) groups excluding carboxylic acids is 1. The van der Waals surface area contributed by atoms with Crippen molar-refractivity contribution in [3.8, 4) is 5.88 Å². The maximum atomic E-state index is 12.1. The molecule has 1 amide bonds. The van der Waals surface area contributed by atoms with Crippen LogP contribution in [0.5, 0.6) is 5.88 Å². The highest BCUT2D eigenvalue weighted by atomic mass is 16.5. The highest BCUT2D eigenvalue weighted by Gasteiger charge is 2.24. The molecule has 3 heterocycles. The molecule has 24 heavy (non-hydrogen) atoms. The maximum Gasteiger partial charge on any atom is 0.270 e. The molecule has 126 valence electrons. The molecule has 0 bridgehead atoms. The third kappa shape index (κ3) is 4.29. The minimum Gasteiger partial charge on any atom is -0.478 e. The van der Waals surface area contributed by atoms with E-state index in [1.54, 1.807) is 18.3 Å². The predicted octanol–water partition coefficient (Wildman–Crippen LogP) is 1.88. The summed E-state index contributed by atoms with van der Waals surface area (Å²) in [5, 5.41) is 3.06. The van der Waals surface area contributed by atoms with Gasteiger partial charge in [-0.3, -0.25) is 14.7 Å². The van der Waals surface area contributed by atoms with Gasteiger partial charge in [0.15, 0.2) is 0 Å². The largest absolute Gasteiger partial charge is 0.478 e. The van der Waals surface area contributed by atoms with Crippen molar-refractivity contribution in [2.24, 2.45) is 0 Å². The lowest BCUT2D eigenvalue weighted by Crippen LogP contribution is -2.37. The number of hydrogen-bond acceptors (Lipinski definition) is 5. The molecule has 1 saturated heterocycles. The molecule has 2 aromatic rings. The average Bonchev–Trinajstić information content (AvgIpc) is 3.04. The second-order valence-corrected chi connectivity index (χ2v) is 5.85. The third-order valence-corrected chi connectivity index (χ3v) is 4.00. The molecule has 6 heteroatoms. The van der Waals surface area contributed by atoms with Gasteiger partial charge in [0.1, 0.15) is 5.69 Å². The summed E-state index contributed by atoms with van der Waals surface area (Å²) >= 11 is 0. The molecule has 0 aromatic carbocycles. The fourth-order valence-electron chi connectivity index (χ4n) is 2.85.